The van der Waals surface area contributed by atoms with Gasteiger partial charge >= 0.3 is 0 Å². The molecule has 2 rings (SSSR count). The molecule has 3 heteroatoms. The summed E-state index contributed by atoms with van der Waals surface area (Å²) in [5, 5.41) is 3.26. The first-order valence-electron chi connectivity index (χ1n) is 6.77. The zero-order valence-electron chi connectivity index (χ0n) is 11.7. The van der Waals surface area contributed by atoms with Crippen LogP contribution in [0.25, 0.3) is 0 Å². The van der Waals surface area contributed by atoms with Gasteiger partial charge in [0, 0.05) is 38.5 Å². The largest absolute Gasteiger partial charge is 0.381 e. The summed E-state index contributed by atoms with van der Waals surface area (Å²) in [5.74, 6) is 0. The predicted molar refractivity (Wildman–Crippen MR) is 76.2 cm³/mol. The van der Waals surface area contributed by atoms with Crippen molar-refractivity contribution in [3.63, 3.8) is 0 Å². The van der Waals surface area contributed by atoms with E-state index in [-0.39, 0.29) is 0 Å². The number of hydrogen-bond donors (Lipinski definition) is 1. The van der Waals surface area contributed by atoms with E-state index in [4.69, 9.17) is 4.74 Å². The number of nitrogens with one attached hydrogen (secondary N) is 1. The van der Waals surface area contributed by atoms with Crippen LogP contribution in [0, 0.1) is 6.92 Å². The molecule has 1 heterocycles. The molecule has 0 atom stereocenters. The Labute approximate surface area is 110 Å². The van der Waals surface area contributed by atoms with Crippen LogP contribution in [0.15, 0.2) is 18.2 Å². The molecular weight excluding hydrogens is 224 g/mol. The number of ether oxygens (including phenoxy) is 1. The Bertz CT molecular complexity index is 386. The SMILES string of the molecule is CNCc1cc(C)ccc1N(C)C1CCOCC1. The lowest BCUT2D eigenvalue weighted by molar-refractivity contribution is 0.0854. The van der Waals surface area contributed by atoms with Crippen LogP contribution in [0.1, 0.15) is 24.0 Å². The number of rotatable bonds is 4. The van der Waals surface area contributed by atoms with E-state index in [9.17, 15) is 0 Å². The van der Waals surface area contributed by atoms with E-state index < -0.39 is 0 Å². The van der Waals surface area contributed by atoms with Crippen LogP contribution < -0.4 is 10.2 Å². The van der Waals surface area contributed by atoms with Gasteiger partial charge < -0.3 is 15.0 Å². The second-order valence-electron chi connectivity index (χ2n) is 5.12. The average Bonchev–Trinajstić information content (AvgIpc) is 2.40. The smallest absolute Gasteiger partial charge is 0.0485 e. The molecule has 1 aromatic carbocycles. The molecule has 1 aromatic rings. The summed E-state index contributed by atoms with van der Waals surface area (Å²) in [7, 11) is 4.21. The van der Waals surface area contributed by atoms with Gasteiger partial charge in [-0.05, 0) is 38.4 Å². The standard InChI is InChI=1S/C15H24N2O/c1-12-4-5-15(13(10-12)11-16-2)17(3)14-6-8-18-9-7-14/h4-5,10,14,16H,6-9,11H2,1-3H3. The zero-order valence-corrected chi connectivity index (χ0v) is 11.7. The molecule has 0 amide bonds. The minimum atomic E-state index is 0.608. The lowest BCUT2D eigenvalue weighted by Gasteiger charge is -2.34. The van der Waals surface area contributed by atoms with Crippen molar-refractivity contribution in [2.24, 2.45) is 0 Å². The van der Waals surface area contributed by atoms with Gasteiger partial charge in [0.25, 0.3) is 0 Å². The highest BCUT2D eigenvalue weighted by atomic mass is 16.5. The Hall–Kier alpha value is -1.06. The Morgan fingerprint density at radius 1 is 1.33 bits per heavy atom. The van der Waals surface area contributed by atoms with Crippen molar-refractivity contribution in [1.82, 2.24) is 5.32 Å². The number of nitrogens with zero attached hydrogens (tertiary/aromatic N) is 1. The first kappa shape index (κ1) is 13.4. The van der Waals surface area contributed by atoms with Gasteiger partial charge in [-0.1, -0.05) is 17.7 Å². The van der Waals surface area contributed by atoms with E-state index in [0.29, 0.717) is 6.04 Å². The molecule has 3 nitrogen and oxygen atoms in total. The van der Waals surface area contributed by atoms with Crippen molar-refractivity contribution >= 4 is 5.69 Å². The quantitative estimate of drug-likeness (QED) is 0.885. The molecule has 0 bridgehead atoms. The molecule has 1 saturated heterocycles. The summed E-state index contributed by atoms with van der Waals surface area (Å²) < 4.78 is 5.44. The molecule has 0 radical (unpaired) electrons. The minimum Gasteiger partial charge on any atom is -0.381 e. The maximum absolute atomic E-state index is 5.44. The lowest BCUT2D eigenvalue weighted by Crippen LogP contribution is -2.37. The van der Waals surface area contributed by atoms with Crippen LogP contribution in [0.2, 0.25) is 0 Å². The highest BCUT2D eigenvalue weighted by Crippen LogP contribution is 2.26. The molecule has 18 heavy (non-hydrogen) atoms. The maximum atomic E-state index is 5.44. The van der Waals surface area contributed by atoms with Crippen LogP contribution >= 0.6 is 0 Å². The highest BCUT2D eigenvalue weighted by molar-refractivity contribution is 5.55. The van der Waals surface area contributed by atoms with E-state index in [1.807, 2.05) is 7.05 Å². The van der Waals surface area contributed by atoms with Gasteiger partial charge in [-0.25, -0.2) is 0 Å². The Kier molecular flexibility index (Phi) is 4.61. The topological polar surface area (TPSA) is 24.5 Å². The first-order valence-corrected chi connectivity index (χ1v) is 6.77. The molecule has 0 saturated carbocycles. The molecule has 1 N–H and O–H groups in total. The fourth-order valence-corrected chi connectivity index (χ4v) is 2.66. The number of hydrogen-bond acceptors (Lipinski definition) is 3. The molecule has 0 aliphatic carbocycles. The van der Waals surface area contributed by atoms with Crippen molar-refractivity contribution in [2.45, 2.75) is 32.4 Å². The van der Waals surface area contributed by atoms with Crippen LogP contribution in [-0.2, 0) is 11.3 Å². The van der Waals surface area contributed by atoms with Gasteiger partial charge in [0.15, 0.2) is 0 Å². The first-order chi connectivity index (χ1) is 8.72. The van der Waals surface area contributed by atoms with E-state index in [0.717, 1.165) is 32.6 Å². The summed E-state index contributed by atoms with van der Waals surface area (Å²) in [4.78, 5) is 2.43. The van der Waals surface area contributed by atoms with Gasteiger partial charge in [-0.2, -0.15) is 0 Å². The fourth-order valence-electron chi connectivity index (χ4n) is 2.66. The van der Waals surface area contributed by atoms with Crippen molar-refractivity contribution in [3.8, 4) is 0 Å². The van der Waals surface area contributed by atoms with Crippen LogP contribution in [0.4, 0.5) is 5.69 Å². The number of aryl methyl sites for hydroxylation is 1. The van der Waals surface area contributed by atoms with Crippen molar-refractivity contribution in [1.29, 1.82) is 0 Å². The van der Waals surface area contributed by atoms with Crippen molar-refractivity contribution < 1.29 is 4.74 Å². The van der Waals surface area contributed by atoms with E-state index in [2.05, 4.69) is 42.4 Å². The van der Waals surface area contributed by atoms with E-state index in [1.54, 1.807) is 0 Å². The van der Waals surface area contributed by atoms with Gasteiger partial charge in [-0.15, -0.1) is 0 Å². The maximum Gasteiger partial charge on any atom is 0.0485 e. The molecule has 1 aliphatic heterocycles. The summed E-state index contributed by atoms with van der Waals surface area (Å²) in [6.45, 7) is 4.85. The third-order valence-corrected chi connectivity index (χ3v) is 3.72. The highest BCUT2D eigenvalue weighted by Gasteiger charge is 2.20. The second kappa shape index (κ2) is 6.21. The van der Waals surface area contributed by atoms with E-state index >= 15 is 0 Å². The molecule has 1 fully saturated rings. The van der Waals surface area contributed by atoms with Crippen molar-refractivity contribution in [2.75, 3.05) is 32.2 Å². The fraction of sp³-hybridized carbons (Fsp3) is 0.600. The zero-order chi connectivity index (χ0) is 13.0. The normalized spacial score (nSPS) is 16.8. The summed E-state index contributed by atoms with van der Waals surface area (Å²) >= 11 is 0. The lowest BCUT2D eigenvalue weighted by atomic mass is 10.0. The van der Waals surface area contributed by atoms with Crippen LogP contribution in [0.3, 0.4) is 0 Å². The monoisotopic (exact) mass is 248 g/mol. The Balaban J connectivity index is 2.19. The Morgan fingerprint density at radius 2 is 2.06 bits per heavy atom. The van der Waals surface area contributed by atoms with Gasteiger partial charge in [-0.3, -0.25) is 0 Å². The molecule has 0 unspecified atom stereocenters. The second-order valence-corrected chi connectivity index (χ2v) is 5.12. The molecule has 0 spiro atoms. The summed E-state index contributed by atoms with van der Waals surface area (Å²) in [6.07, 6.45) is 2.26. The molecule has 100 valence electrons. The predicted octanol–water partition coefficient (Wildman–Crippen LogP) is 2.33. The summed E-state index contributed by atoms with van der Waals surface area (Å²) in [5.41, 5.74) is 4.05. The molecule has 0 aromatic heterocycles. The molecular formula is C15H24N2O. The van der Waals surface area contributed by atoms with E-state index in [1.165, 1.54) is 16.8 Å². The third kappa shape index (κ3) is 3.03. The number of benzene rings is 1. The van der Waals surface area contributed by atoms with Gasteiger partial charge in [0.2, 0.25) is 0 Å². The van der Waals surface area contributed by atoms with Crippen LogP contribution in [0.5, 0.6) is 0 Å². The third-order valence-electron chi connectivity index (χ3n) is 3.72. The van der Waals surface area contributed by atoms with Gasteiger partial charge in [0.1, 0.15) is 0 Å². The summed E-state index contributed by atoms with van der Waals surface area (Å²) in [6, 6.07) is 7.33. The molecule has 1 aliphatic rings. The number of anilines is 1. The minimum absolute atomic E-state index is 0.608. The average molecular weight is 248 g/mol. The van der Waals surface area contributed by atoms with Gasteiger partial charge in [0.05, 0.1) is 0 Å². The van der Waals surface area contributed by atoms with Crippen molar-refractivity contribution in [3.05, 3.63) is 29.3 Å². The Morgan fingerprint density at radius 3 is 2.72 bits per heavy atom. The van der Waals surface area contributed by atoms with Crippen LogP contribution in [-0.4, -0.2) is 33.4 Å².